The highest BCUT2D eigenvalue weighted by molar-refractivity contribution is 5.79. The zero-order valence-electron chi connectivity index (χ0n) is 14.3. The van der Waals surface area contributed by atoms with Gasteiger partial charge in [0.1, 0.15) is 0 Å². The molecule has 0 amide bonds. The van der Waals surface area contributed by atoms with Crippen LogP contribution in [0.2, 0.25) is 0 Å². The number of hydrogen-bond donors (Lipinski definition) is 2. The molecule has 1 aliphatic rings. The maximum Gasteiger partial charge on any atom is 0.218 e. The first-order chi connectivity index (χ1) is 11.3. The lowest BCUT2D eigenvalue weighted by Gasteiger charge is -2.26. The fourth-order valence-electron chi connectivity index (χ4n) is 2.75. The van der Waals surface area contributed by atoms with Crippen molar-refractivity contribution in [1.82, 2.24) is 20.5 Å². The Kier molecular flexibility index (Phi) is 7.66. The molecule has 2 N–H and O–H groups in total. The Balaban J connectivity index is 1.84. The second kappa shape index (κ2) is 10.0. The number of guanidine groups is 1. The summed E-state index contributed by atoms with van der Waals surface area (Å²) < 4.78 is 5.27. The van der Waals surface area contributed by atoms with E-state index in [0.29, 0.717) is 12.4 Å². The maximum absolute atomic E-state index is 5.27. The van der Waals surface area contributed by atoms with Crippen LogP contribution in [0.4, 0.5) is 0 Å². The Hall–Kier alpha value is -1.82. The minimum atomic E-state index is 0.552. The van der Waals surface area contributed by atoms with Crippen molar-refractivity contribution in [2.75, 3.05) is 39.8 Å². The van der Waals surface area contributed by atoms with Gasteiger partial charge in [0.2, 0.25) is 5.88 Å². The van der Waals surface area contributed by atoms with Gasteiger partial charge in [-0.1, -0.05) is 12.5 Å². The normalized spacial score (nSPS) is 16.2. The Morgan fingerprint density at radius 1 is 1.30 bits per heavy atom. The van der Waals surface area contributed by atoms with Crippen molar-refractivity contribution in [3.05, 3.63) is 23.9 Å². The number of ether oxygens (including phenoxy) is 1. The second-order valence-corrected chi connectivity index (χ2v) is 5.70. The van der Waals surface area contributed by atoms with E-state index in [1.54, 1.807) is 13.3 Å². The van der Waals surface area contributed by atoms with Gasteiger partial charge in [-0.25, -0.2) is 9.98 Å². The van der Waals surface area contributed by atoms with Gasteiger partial charge in [-0.2, -0.15) is 0 Å². The first kappa shape index (κ1) is 17.5. The van der Waals surface area contributed by atoms with Gasteiger partial charge in [0.15, 0.2) is 5.96 Å². The monoisotopic (exact) mass is 319 g/mol. The fourth-order valence-corrected chi connectivity index (χ4v) is 2.75. The second-order valence-electron chi connectivity index (χ2n) is 5.70. The van der Waals surface area contributed by atoms with Crippen LogP contribution in [0.5, 0.6) is 5.88 Å². The Morgan fingerprint density at radius 2 is 2.13 bits per heavy atom. The third-order valence-corrected chi connectivity index (χ3v) is 3.96. The zero-order chi connectivity index (χ0) is 16.3. The summed E-state index contributed by atoms with van der Waals surface area (Å²) in [5, 5.41) is 6.70. The molecule has 0 spiro atoms. The highest BCUT2D eigenvalue weighted by Crippen LogP contribution is 2.14. The number of nitrogens with one attached hydrogen (secondary N) is 2. The molecule has 6 nitrogen and oxygen atoms in total. The summed E-state index contributed by atoms with van der Waals surface area (Å²) >= 11 is 0. The maximum atomic E-state index is 5.27. The molecule has 1 aliphatic heterocycles. The number of aliphatic imine (C=N–C) groups is 1. The molecule has 2 rings (SSSR count). The van der Waals surface area contributed by atoms with E-state index in [2.05, 4.69) is 32.4 Å². The minimum absolute atomic E-state index is 0.552. The molecule has 6 heteroatoms. The Morgan fingerprint density at radius 3 is 2.87 bits per heavy atom. The SMILES string of the molecule is CCNC(=NCc1cccnc1OC)NCCN1CCCCC1. The number of likely N-dealkylation sites (tertiary alicyclic amines) is 1. The molecule has 23 heavy (non-hydrogen) atoms. The van der Waals surface area contributed by atoms with Crippen molar-refractivity contribution in [3.8, 4) is 5.88 Å². The molecule has 0 radical (unpaired) electrons. The first-order valence-electron chi connectivity index (χ1n) is 8.56. The molecule has 1 aromatic heterocycles. The van der Waals surface area contributed by atoms with Gasteiger partial charge in [-0.3, -0.25) is 0 Å². The van der Waals surface area contributed by atoms with E-state index in [1.165, 1.54) is 32.4 Å². The van der Waals surface area contributed by atoms with Crippen molar-refractivity contribution < 1.29 is 4.74 Å². The zero-order valence-corrected chi connectivity index (χ0v) is 14.3. The summed E-state index contributed by atoms with van der Waals surface area (Å²) in [6, 6.07) is 3.90. The number of pyridine rings is 1. The number of hydrogen-bond acceptors (Lipinski definition) is 4. The van der Waals surface area contributed by atoms with E-state index in [9.17, 15) is 0 Å². The summed E-state index contributed by atoms with van der Waals surface area (Å²) in [6.07, 6.45) is 5.76. The van der Waals surface area contributed by atoms with Crippen LogP contribution in [-0.2, 0) is 6.54 Å². The van der Waals surface area contributed by atoms with Crippen LogP contribution in [0.15, 0.2) is 23.3 Å². The molecular formula is C17H29N5O. The molecule has 0 bridgehead atoms. The summed E-state index contributed by atoms with van der Waals surface area (Å²) in [5.74, 6) is 1.48. The van der Waals surface area contributed by atoms with Crippen LogP contribution >= 0.6 is 0 Å². The van der Waals surface area contributed by atoms with Gasteiger partial charge in [0.25, 0.3) is 0 Å². The predicted octanol–water partition coefficient (Wildman–Crippen LogP) is 1.63. The van der Waals surface area contributed by atoms with Crippen molar-refractivity contribution in [2.45, 2.75) is 32.7 Å². The molecule has 0 unspecified atom stereocenters. The highest BCUT2D eigenvalue weighted by Gasteiger charge is 2.09. The summed E-state index contributed by atoms with van der Waals surface area (Å²) in [7, 11) is 1.64. The van der Waals surface area contributed by atoms with Gasteiger partial charge in [0, 0.05) is 31.4 Å². The molecule has 0 saturated carbocycles. The molecule has 0 aromatic carbocycles. The van der Waals surface area contributed by atoms with Crippen LogP contribution in [0.3, 0.4) is 0 Å². The molecule has 0 aliphatic carbocycles. The van der Waals surface area contributed by atoms with E-state index in [1.807, 2.05) is 12.1 Å². The van der Waals surface area contributed by atoms with E-state index in [4.69, 9.17) is 4.74 Å². The van der Waals surface area contributed by atoms with Crippen LogP contribution in [0.25, 0.3) is 0 Å². The average Bonchev–Trinajstić information content (AvgIpc) is 2.61. The molecule has 1 fully saturated rings. The van der Waals surface area contributed by atoms with Crippen molar-refractivity contribution >= 4 is 5.96 Å². The van der Waals surface area contributed by atoms with Crippen LogP contribution in [0.1, 0.15) is 31.7 Å². The summed E-state index contributed by atoms with van der Waals surface area (Å²) in [4.78, 5) is 11.4. The van der Waals surface area contributed by atoms with Crippen molar-refractivity contribution in [1.29, 1.82) is 0 Å². The topological polar surface area (TPSA) is 61.8 Å². The quantitative estimate of drug-likeness (QED) is 0.591. The molecule has 1 saturated heterocycles. The summed E-state index contributed by atoms with van der Waals surface area (Å²) in [6.45, 7) is 7.91. The smallest absolute Gasteiger partial charge is 0.218 e. The van der Waals surface area contributed by atoms with Gasteiger partial charge in [-0.15, -0.1) is 0 Å². The van der Waals surface area contributed by atoms with E-state index in [0.717, 1.165) is 31.2 Å². The van der Waals surface area contributed by atoms with Crippen molar-refractivity contribution in [3.63, 3.8) is 0 Å². The summed E-state index contributed by atoms with van der Waals surface area (Å²) in [5.41, 5.74) is 0.989. The highest BCUT2D eigenvalue weighted by atomic mass is 16.5. The number of piperidine rings is 1. The molecule has 1 aromatic rings. The van der Waals surface area contributed by atoms with E-state index in [-0.39, 0.29) is 0 Å². The van der Waals surface area contributed by atoms with E-state index >= 15 is 0 Å². The Bertz CT molecular complexity index is 486. The largest absolute Gasteiger partial charge is 0.481 e. The number of aromatic nitrogens is 1. The third kappa shape index (κ3) is 6.06. The number of rotatable bonds is 7. The third-order valence-electron chi connectivity index (χ3n) is 3.96. The van der Waals surface area contributed by atoms with Crippen LogP contribution in [0, 0.1) is 0 Å². The lowest BCUT2D eigenvalue weighted by Crippen LogP contribution is -2.42. The number of methoxy groups -OCH3 is 1. The lowest BCUT2D eigenvalue weighted by atomic mass is 10.1. The van der Waals surface area contributed by atoms with Gasteiger partial charge < -0.3 is 20.3 Å². The molecule has 0 atom stereocenters. The molecule has 128 valence electrons. The molecular weight excluding hydrogens is 290 g/mol. The van der Waals surface area contributed by atoms with Gasteiger partial charge >= 0.3 is 0 Å². The average molecular weight is 319 g/mol. The van der Waals surface area contributed by atoms with Crippen LogP contribution < -0.4 is 15.4 Å². The van der Waals surface area contributed by atoms with Crippen molar-refractivity contribution in [2.24, 2.45) is 4.99 Å². The predicted molar refractivity (Wildman–Crippen MR) is 93.9 cm³/mol. The fraction of sp³-hybridized carbons (Fsp3) is 0.647. The Labute approximate surface area is 139 Å². The standard InChI is InChI=1S/C17H29N5O/c1-3-18-17(20-10-13-22-11-5-4-6-12-22)21-14-15-8-7-9-19-16(15)23-2/h7-9H,3-6,10-14H2,1-2H3,(H2,18,20,21). The van der Waals surface area contributed by atoms with Gasteiger partial charge in [-0.05, 0) is 38.9 Å². The molecule has 2 heterocycles. The van der Waals surface area contributed by atoms with E-state index < -0.39 is 0 Å². The van der Waals surface area contributed by atoms with Crippen LogP contribution in [-0.4, -0.2) is 55.7 Å². The number of nitrogens with zero attached hydrogens (tertiary/aromatic N) is 3. The first-order valence-corrected chi connectivity index (χ1v) is 8.56. The van der Waals surface area contributed by atoms with Gasteiger partial charge in [0.05, 0.1) is 13.7 Å². The minimum Gasteiger partial charge on any atom is -0.481 e. The lowest BCUT2D eigenvalue weighted by molar-refractivity contribution is 0.232.